The molecule has 2 fully saturated rings. The summed E-state index contributed by atoms with van der Waals surface area (Å²) in [6.45, 7) is -1.79. The summed E-state index contributed by atoms with van der Waals surface area (Å²) in [5.41, 5.74) is -0.211. The summed E-state index contributed by atoms with van der Waals surface area (Å²) in [4.78, 5) is 13.1. The zero-order valence-corrected chi connectivity index (χ0v) is 22.7. The van der Waals surface area contributed by atoms with Gasteiger partial charge < -0.3 is 74.4 Å². The van der Waals surface area contributed by atoms with Crippen molar-refractivity contribution in [3.8, 4) is 23.0 Å². The summed E-state index contributed by atoms with van der Waals surface area (Å²) >= 11 is 0. The average Bonchev–Trinajstić information content (AvgIpc) is 3.01. The van der Waals surface area contributed by atoms with Crippen LogP contribution in [-0.2, 0) is 20.8 Å². The zero-order valence-electron chi connectivity index (χ0n) is 22.7. The van der Waals surface area contributed by atoms with Gasteiger partial charge in [-0.15, -0.1) is 0 Å². The van der Waals surface area contributed by atoms with Crippen molar-refractivity contribution >= 4 is 5.97 Å². The number of hydrogen-bond acceptors (Lipinski definition) is 16. The van der Waals surface area contributed by atoms with Crippen LogP contribution < -0.4 is 14.2 Å². The van der Waals surface area contributed by atoms with Gasteiger partial charge in [-0.2, -0.15) is 0 Å². The molecule has 0 spiro atoms. The maximum atomic E-state index is 13.1. The number of rotatable bonds is 10. The topological polar surface area (TPSA) is 255 Å². The van der Waals surface area contributed by atoms with E-state index in [1.807, 2.05) is 0 Å². The molecular formula is C27H34O16. The monoisotopic (exact) mass is 614 g/mol. The molecule has 0 bridgehead atoms. The second-order valence-electron chi connectivity index (χ2n) is 9.81. The van der Waals surface area contributed by atoms with E-state index in [9.17, 15) is 50.8 Å². The van der Waals surface area contributed by atoms with E-state index in [4.69, 9.17) is 28.4 Å². The molecule has 2 saturated heterocycles. The van der Waals surface area contributed by atoms with Gasteiger partial charge in [0.25, 0.3) is 0 Å². The summed E-state index contributed by atoms with van der Waals surface area (Å²) < 4.78 is 32.6. The minimum atomic E-state index is -1.76. The minimum Gasteiger partial charge on any atom is -0.507 e. The minimum absolute atomic E-state index is 0.0653. The summed E-state index contributed by atoms with van der Waals surface area (Å²) in [5, 5.41) is 90.0. The molecular weight excluding hydrogens is 580 g/mol. The Morgan fingerprint density at radius 1 is 0.744 bits per heavy atom. The third-order valence-corrected chi connectivity index (χ3v) is 7.02. The molecule has 9 N–H and O–H groups in total. The Bertz CT molecular complexity index is 1240. The van der Waals surface area contributed by atoms with Crippen molar-refractivity contribution in [1.82, 2.24) is 0 Å². The molecule has 238 valence electrons. The molecule has 2 heterocycles. The average molecular weight is 615 g/mol. The van der Waals surface area contributed by atoms with Gasteiger partial charge in [0.15, 0.2) is 11.5 Å². The molecule has 10 atom stereocenters. The maximum absolute atomic E-state index is 13.1. The third-order valence-electron chi connectivity index (χ3n) is 7.02. The number of ether oxygens (including phenoxy) is 6. The first kappa shape index (κ1) is 32.6. The number of esters is 1. The number of carbonyl (C=O) groups is 1. The highest BCUT2D eigenvalue weighted by atomic mass is 16.7. The van der Waals surface area contributed by atoms with Crippen LogP contribution in [0.1, 0.15) is 15.9 Å². The van der Waals surface area contributed by atoms with Gasteiger partial charge in [0.05, 0.1) is 20.3 Å². The maximum Gasteiger partial charge on any atom is 0.346 e. The van der Waals surface area contributed by atoms with Gasteiger partial charge in [-0.3, -0.25) is 0 Å². The molecule has 2 aliphatic rings. The molecule has 2 aromatic rings. The van der Waals surface area contributed by atoms with Crippen molar-refractivity contribution in [1.29, 1.82) is 0 Å². The number of aromatic hydroxyl groups is 1. The van der Waals surface area contributed by atoms with Crippen LogP contribution in [0.4, 0.5) is 0 Å². The number of hydrogen-bond donors (Lipinski definition) is 9. The molecule has 4 rings (SSSR count). The van der Waals surface area contributed by atoms with Crippen LogP contribution in [0.15, 0.2) is 36.4 Å². The van der Waals surface area contributed by atoms with E-state index in [0.29, 0.717) is 0 Å². The number of para-hydroxylation sites is 1. The Labute approximate surface area is 244 Å². The highest BCUT2D eigenvalue weighted by Crippen LogP contribution is 2.39. The molecule has 0 aliphatic carbocycles. The molecule has 0 radical (unpaired) electrons. The zero-order chi connectivity index (χ0) is 31.4. The fraction of sp³-hybridized carbons (Fsp3) is 0.519. The molecule has 0 saturated carbocycles. The Morgan fingerprint density at radius 2 is 1.28 bits per heavy atom. The molecule has 16 nitrogen and oxygen atoms in total. The van der Waals surface area contributed by atoms with Crippen LogP contribution in [0.25, 0.3) is 0 Å². The third kappa shape index (κ3) is 6.78. The standard InChI is InChI=1S/C27H34O16/c1-38-24-14(41-27-23(36)21(34)19(32)16(9-29)43-27)7-6-12(30)17(24)25(37)39-10-11-4-2-3-5-13(11)40-26-22(35)20(33)18(31)15(8-28)42-26/h2-7,15-16,18-23,26-36H,8-10H2,1H3/t15-,16-,18-,19+,20+,21+,22-,23-,26-,27-/m1/s1. The molecule has 43 heavy (non-hydrogen) atoms. The van der Waals surface area contributed by atoms with Crippen molar-refractivity contribution in [2.24, 2.45) is 0 Å². The van der Waals surface area contributed by atoms with Crippen molar-refractivity contribution in [3.05, 3.63) is 47.5 Å². The molecule has 0 unspecified atom stereocenters. The van der Waals surface area contributed by atoms with Gasteiger partial charge in [0.1, 0.15) is 72.5 Å². The lowest BCUT2D eigenvalue weighted by atomic mass is 9.99. The van der Waals surface area contributed by atoms with E-state index >= 15 is 0 Å². The number of phenolic OH excluding ortho intramolecular Hbond substituents is 1. The van der Waals surface area contributed by atoms with Crippen LogP contribution in [0.3, 0.4) is 0 Å². The largest absolute Gasteiger partial charge is 0.507 e. The van der Waals surface area contributed by atoms with Crippen LogP contribution in [-0.4, -0.2) is 134 Å². The second kappa shape index (κ2) is 14.0. The molecule has 2 aromatic carbocycles. The Hall–Kier alpha value is -3.29. The van der Waals surface area contributed by atoms with Crippen LogP contribution >= 0.6 is 0 Å². The lowest BCUT2D eigenvalue weighted by Gasteiger charge is -2.39. The highest BCUT2D eigenvalue weighted by molar-refractivity contribution is 5.96. The van der Waals surface area contributed by atoms with Crippen molar-refractivity contribution in [2.45, 2.75) is 68.0 Å². The first-order valence-electron chi connectivity index (χ1n) is 13.1. The number of phenols is 1. The lowest BCUT2D eigenvalue weighted by molar-refractivity contribution is -0.277. The van der Waals surface area contributed by atoms with Crippen LogP contribution in [0.2, 0.25) is 0 Å². The predicted molar refractivity (Wildman–Crippen MR) is 139 cm³/mol. The summed E-state index contributed by atoms with van der Waals surface area (Å²) in [6.07, 6.45) is -15.6. The fourth-order valence-corrected chi connectivity index (χ4v) is 4.58. The van der Waals surface area contributed by atoms with Gasteiger partial charge in [-0.25, -0.2) is 4.79 Å². The van der Waals surface area contributed by atoms with Gasteiger partial charge in [0, 0.05) is 5.56 Å². The Balaban J connectivity index is 1.50. The smallest absolute Gasteiger partial charge is 0.346 e. The number of benzene rings is 2. The first-order valence-corrected chi connectivity index (χ1v) is 13.1. The van der Waals surface area contributed by atoms with Crippen LogP contribution in [0, 0.1) is 0 Å². The van der Waals surface area contributed by atoms with E-state index in [1.54, 1.807) is 12.1 Å². The van der Waals surface area contributed by atoms with Gasteiger partial charge in [0.2, 0.25) is 12.6 Å². The van der Waals surface area contributed by atoms with E-state index < -0.39 is 98.5 Å². The van der Waals surface area contributed by atoms with Crippen molar-refractivity contribution in [2.75, 3.05) is 20.3 Å². The molecule has 0 aromatic heterocycles. The highest BCUT2D eigenvalue weighted by Gasteiger charge is 2.46. The number of aliphatic hydroxyl groups excluding tert-OH is 8. The Kier molecular flexibility index (Phi) is 10.6. The predicted octanol–water partition coefficient (Wildman–Crippen LogP) is -2.88. The van der Waals surface area contributed by atoms with Crippen molar-refractivity contribution in [3.63, 3.8) is 0 Å². The van der Waals surface area contributed by atoms with E-state index in [-0.39, 0.29) is 22.8 Å². The Morgan fingerprint density at radius 3 is 1.81 bits per heavy atom. The number of aliphatic hydroxyl groups is 8. The summed E-state index contributed by atoms with van der Waals surface area (Å²) in [5.74, 6) is -2.13. The number of methoxy groups -OCH3 is 1. The quantitative estimate of drug-likeness (QED) is 0.122. The van der Waals surface area contributed by atoms with Crippen molar-refractivity contribution < 1.29 is 79.2 Å². The molecule has 16 heteroatoms. The second-order valence-corrected chi connectivity index (χ2v) is 9.81. The van der Waals surface area contributed by atoms with Gasteiger partial charge >= 0.3 is 5.97 Å². The summed E-state index contributed by atoms with van der Waals surface area (Å²) in [7, 11) is 1.16. The van der Waals surface area contributed by atoms with Gasteiger partial charge in [-0.05, 0) is 18.2 Å². The SMILES string of the molecule is COc1c(O[C@@H]2O[C@H](CO)[C@H](O)[C@H](O)[C@H]2O)ccc(O)c1C(=O)OCc1ccccc1O[C@@H]1O[C@H](CO)[C@@H](O)[C@H](O)[C@H]1O. The van der Waals surface area contributed by atoms with Crippen LogP contribution in [0.5, 0.6) is 23.0 Å². The number of carbonyl (C=O) groups excluding carboxylic acids is 1. The fourth-order valence-electron chi connectivity index (χ4n) is 4.58. The van der Waals surface area contributed by atoms with E-state index in [1.165, 1.54) is 18.2 Å². The van der Waals surface area contributed by atoms with E-state index in [0.717, 1.165) is 13.2 Å². The first-order chi connectivity index (χ1) is 20.5. The van der Waals surface area contributed by atoms with Gasteiger partial charge in [-0.1, -0.05) is 18.2 Å². The lowest BCUT2D eigenvalue weighted by Crippen LogP contribution is -2.60. The molecule has 0 amide bonds. The molecule has 2 aliphatic heterocycles. The summed E-state index contributed by atoms with van der Waals surface area (Å²) in [6, 6.07) is 8.40. The normalized spacial score (nSPS) is 32.6. The van der Waals surface area contributed by atoms with E-state index in [2.05, 4.69) is 0 Å².